The minimum atomic E-state index is -0.536. The van der Waals surface area contributed by atoms with Crippen LogP contribution in [0.3, 0.4) is 0 Å². The number of carbonyl (C=O) groups excluding carboxylic acids is 1. The maximum Gasteiger partial charge on any atom is 0.324 e. The molecule has 0 bridgehead atoms. The zero-order chi connectivity index (χ0) is 13.0. The third kappa shape index (κ3) is 3.01. The van der Waals surface area contributed by atoms with Crippen LogP contribution in [0, 0.1) is 21.4 Å². The van der Waals surface area contributed by atoms with E-state index in [0.29, 0.717) is 0 Å². The summed E-state index contributed by atoms with van der Waals surface area (Å²) in [6, 6.07) is 4.49. The molecule has 1 aromatic rings. The van der Waals surface area contributed by atoms with Crippen LogP contribution in [-0.4, -0.2) is 28.3 Å². The van der Waals surface area contributed by atoms with Gasteiger partial charge in [0.1, 0.15) is 6.54 Å². The standard InChI is InChI=1S/C10H11N3O3S/c1-7(2)12(6-5-11)10(14)8-3-4-9(17-8)13(15)16/h3-4,7H,6H2,1-2H3. The molecule has 6 nitrogen and oxygen atoms in total. The summed E-state index contributed by atoms with van der Waals surface area (Å²) in [6.45, 7) is 3.55. The smallest absolute Gasteiger partial charge is 0.322 e. The largest absolute Gasteiger partial charge is 0.324 e. The van der Waals surface area contributed by atoms with Crippen molar-refractivity contribution in [1.82, 2.24) is 4.90 Å². The molecule has 0 atom stereocenters. The number of rotatable bonds is 4. The first-order chi connectivity index (χ1) is 7.97. The van der Waals surface area contributed by atoms with E-state index in [1.54, 1.807) is 13.8 Å². The molecule has 0 fully saturated rings. The lowest BCUT2D eigenvalue weighted by atomic mass is 10.3. The van der Waals surface area contributed by atoms with Crippen molar-refractivity contribution in [2.24, 2.45) is 0 Å². The van der Waals surface area contributed by atoms with Gasteiger partial charge in [0.05, 0.1) is 15.9 Å². The van der Waals surface area contributed by atoms with Crippen LogP contribution in [0.25, 0.3) is 0 Å². The number of nitrogens with zero attached hydrogens (tertiary/aromatic N) is 3. The highest BCUT2D eigenvalue weighted by Crippen LogP contribution is 2.25. The number of nitriles is 1. The molecule has 1 rings (SSSR count). The maximum atomic E-state index is 12.0. The molecule has 0 aliphatic carbocycles. The molecule has 0 saturated carbocycles. The molecule has 1 amide bonds. The molecule has 0 radical (unpaired) electrons. The fourth-order valence-corrected chi connectivity index (χ4v) is 2.02. The number of hydrogen-bond donors (Lipinski definition) is 0. The zero-order valence-electron chi connectivity index (χ0n) is 9.41. The molecule has 7 heteroatoms. The van der Waals surface area contributed by atoms with E-state index < -0.39 is 4.92 Å². The topological polar surface area (TPSA) is 87.2 Å². The molecule has 0 saturated heterocycles. The SMILES string of the molecule is CC(C)N(CC#N)C(=O)c1ccc([N+](=O)[O-])s1. The fraction of sp³-hybridized carbons (Fsp3) is 0.400. The lowest BCUT2D eigenvalue weighted by Crippen LogP contribution is -2.36. The van der Waals surface area contributed by atoms with Crippen LogP contribution in [0.1, 0.15) is 23.5 Å². The van der Waals surface area contributed by atoms with Crippen molar-refractivity contribution in [1.29, 1.82) is 5.26 Å². The van der Waals surface area contributed by atoms with Crippen molar-refractivity contribution >= 4 is 22.2 Å². The molecule has 0 aliphatic rings. The van der Waals surface area contributed by atoms with Gasteiger partial charge in [0.15, 0.2) is 0 Å². The average molecular weight is 253 g/mol. The maximum absolute atomic E-state index is 12.0. The van der Waals surface area contributed by atoms with Crippen molar-refractivity contribution in [3.8, 4) is 6.07 Å². The fourth-order valence-electron chi connectivity index (χ4n) is 1.25. The average Bonchev–Trinajstić information content (AvgIpc) is 2.73. The summed E-state index contributed by atoms with van der Waals surface area (Å²) in [5.41, 5.74) is 0. The first-order valence-corrected chi connectivity index (χ1v) is 5.71. The highest BCUT2D eigenvalue weighted by molar-refractivity contribution is 7.17. The Morgan fingerprint density at radius 1 is 1.65 bits per heavy atom. The highest BCUT2D eigenvalue weighted by atomic mass is 32.1. The van der Waals surface area contributed by atoms with Gasteiger partial charge >= 0.3 is 5.00 Å². The van der Waals surface area contributed by atoms with Gasteiger partial charge in [-0.1, -0.05) is 11.3 Å². The van der Waals surface area contributed by atoms with E-state index in [1.807, 2.05) is 6.07 Å². The molecular weight excluding hydrogens is 242 g/mol. The molecule has 1 aromatic heterocycles. The van der Waals surface area contributed by atoms with E-state index in [1.165, 1.54) is 17.0 Å². The zero-order valence-corrected chi connectivity index (χ0v) is 10.2. The predicted octanol–water partition coefficient (Wildman–Crippen LogP) is 2.03. The van der Waals surface area contributed by atoms with Gasteiger partial charge in [-0.3, -0.25) is 14.9 Å². The van der Waals surface area contributed by atoms with E-state index >= 15 is 0 Å². The normalized spacial score (nSPS) is 10.0. The molecule has 0 spiro atoms. The van der Waals surface area contributed by atoms with E-state index in [2.05, 4.69) is 0 Å². The van der Waals surface area contributed by atoms with Crippen LogP contribution in [-0.2, 0) is 0 Å². The van der Waals surface area contributed by atoms with Crippen LogP contribution >= 0.6 is 11.3 Å². The van der Waals surface area contributed by atoms with E-state index in [9.17, 15) is 14.9 Å². The Bertz CT molecular complexity index is 475. The summed E-state index contributed by atoms with van der Waals surface area (Å²) in [4.78, 5) is 23.6. The first-order valence-electron chi connectivity index (χ1n) is 4.89. The highest BCUT2D eigenvalue weighted by Gasteiger charge is 2.22. The molecule has 0 aromatic carbocycles. The van der Waals surface area contributed by atoms with Crippen LogP contribution in [0.2, 0.25) is 0 Å². The quantitative estimate of drug-likeness (QED) is 0.466. The second kappa shape index (κ2) is 5.41. The summed E-state index contributed by atoms with van der Waals surface area (Å²) in [5.74, 6) is -0.348. The van der Waals surface area contributed by atoms with Crippen molar-refractivity contribution in [2.45, 2.75) is 19.9 Å². The van der Waals surface area contributed by atoms with E-state index in [4.69, 9.17) is 5.26 Å². The van der Waals surface area contributed by atoms with Gasteiger partial charge in [-0.25, -0.2) is 0 Å². The van der Waals surface area contributed by atoms with E-state index in [0.717, 1.165) is 11.3 Å². The Morgan fingerprint density at radius 2 is 2.29 bits per heavy atom. The Kier molecular flexibility index (Phi) is 4.17. The van der Waals surface area contributed by atoms with Crippen LogP contribution in [0.5, 0.6) is 0 Å². The third-order valence-electron chi connectivity index (χ3n) is 2.11. The van der Waals surface area contributed by atoms with Gasteiger partial charge in [-0.05, 0) is 19.9 Å². The second-order valence-corrected chi connectivity index (χ2v) is 4.64. The van der Waals surface area contributed by atoms with Gasteiger partial charge in [-0.15, -0.1) is 0 Å². The molecular formula is C10H11N3O3S. The van der Waals surface area contributed by atoms with Gasteiger partial charge < -0.3 is 4.90 Å². The molecule has 90 valence electrons. The number of thiophene rings is 1. The first kappa shape index (κ1) is 13.1. The number of carbonyl (C=O) groups is 1. The molecule has 1 heterocycles. The van der Waals surface area contributed by atoms with Gasteiger partial charge in [0, 0.05) is 12.1 Å². The van der Waals surface area contributed by atoms with Crippen molar-refractivity contribution in [3.63, 3.8) is 0 Å². The second-order valence-electron chi connectivity index (χ2n) is 3.58. The van der Waals surface area contributed by atoms with Gasteiger partial charge in [-0.2, -0.15) is 5.26 Å². The van der Waals surface area contributed by atoms with Crippen LogP contribution < -0.4 is 0 Å². The summed E-state index contributed by atoms with van der Waals surface area (Å²) in [6.07, 6.45) is 0. The monoisotopic (exact) mass is 253 g/mol. The van der Waals surface area contributed by atoms with Gasteiger partial charge in [0.25, 0.3) is 5.91 Å². The van der Waals surface area contributed by atoms with E-state index in [-0.39, 0.29) is 28.4 Å². The van der Waals surface area contributed by atoms with Crippen molar-refractivity contribution < 1.29 is 9.72 Å². The Balaban J connectivity index is 2.94. The van der Waals surface area contributed by atoms with Crippen LogP contribution in [0.15, 0.2) is 12.1 Å². The summed E-state index contributed by atoms with van der Waals surface area (Å²) >= 11 is 0.821. The van der Waals surface area contributed by atoms with Crippen molar-refractivity contribution in [2.75, 3.05) is 6.54 Å². The predicted molar refractivity (Wildman–Crippen MR) is 62.8 cm³/mol. The number of amides is 1. The number of hydrogen-bond acceptors (Lipinski definition) is 5. The minimum absolute atomic E-state index is 0.0256. The summed E-state index contributed by atoms with van der Waals surface area (Å²) < 4.78 is 0. The lowest BCUT2D eigenvalue weighted by molar-refractivity contribution is -0.380. The van der Waals surface area contributed by atoms with Crippen molar-refractivity contribution in [3.05, 3.63) is 27.1 Å². The summed E-state index contributed by atoms with van der Waals surface area (Å²) in [7, 11) is 0. The molecule has 0 N–H and O–H groups in total. The Labute approximate surface area is 102 Å². The molecule has 17 heavy (non-hydrogen) atoms. The Morgan fingerprint density at radius 3 is 2.71 bits per heavy atom. The lowest BCUT2D eigenvalue weighted by Gasteiger charge is -2.22. The minimum Gasteiger partial charge on any atom is -0.322 e. The third-order valence-corrected chi connectivity index (χ3v) is 3.13. The molecule has 0 unspecified atom stereocenters. The Hall–Kier alpha value is -1.94. The molecule has 0 aliphatic heterocycles. The summed E-state index contributed by atoms with van der Waals surface area (Å²) in [5, 5.41) is 19.1. The number of nitro groups is 1. The van der Waals surface area contributed by atoms with Gasteiger partial charge in [0.2, 0.25) is 0 Å². The van der Waals surface area contributed by atoms with Crippen LogP contribution in [0.4, 0.5) is 5.00 Å².